The summed E-state index contributed by atoms with van der Waals surface area (Å²) in [5.41, 5.74) is 5.06. The molecule has 0 radical (unpaired) electrons. The molecule has 2 aliphatic rings. The molecule has 2 aromatic rings. The van der Waals surface area contributed by atoms with Gasteiger partial charge >= 0.3 is 5.97 Å². The Morgan fingerprint density at radius 1 is 1.28 bits per heavy atom. The summed E-state index contributed by atoms with van der Waals surface area (Å²) in [7, 11) is 0. The van der Waals surface area contributed by atoms with E-state index in [0.717, 1.165) is 43.3 Å². The summed E-state index contributed by atoms with van der Waals surface area (Å²) in [5, 5.41) is 0.759. The third-order valence-electron chi connectivity index (χ3n) is 5.60. The lowest BCUT2D eigenvalue weighted by Crippen LogP contribution is -2.39. The highest BCUT2D eigenvalue weighted by Gasteiger charge is 2.26. The third kappa shape index (κ3) is 4.71. The molecule has 1 fully saturated rings. The van der Waals surface area contributed by atoms with Gasteiger partial charge in [0.05, 0.1) is 12.5 Å². The van der Waals surface area contributed by atoms with E-state index in [9.17, 15) is 4.79 Å². The number of fused-ring (bicyclic) bond motifs is 2. The predicted octanol–water partition coefficient (Wildman–Crippen LogP) is 5.65. The summed E-state index contributed by atoms with van der Waals surface area (Å²) in [4.78, 5) is 15.8. The van der Waals surface area contributed by atoms with Crippen LogP contribution in [0.4, 0.5) is 0 Å². The van der Waals surface area contributed by atoms with Crippen molar-refractivity contribution in [3.05, 3.63) is 70.3 Å². The second kappa shape index (κ2) is 9.38. The van der Waals surface area contributed by atoms with Crippen LogP contribution in [-0.2, 0) is 15.3 Å². The van der Waals surface area contributed by atoms with Gasteiger partial charge in [0.1, 0.15) is 0 Å². The maximum absolute atomic E-state index is 12.2. The standard InChI is InChI=1S/C24H26ClNO2S/c1-2-28-24(27)17-7-5-12-26(15-17)13-11-21-20-8-4-3-6-18(20)16-29-23-10-9-19(25)14-22(21)23/h3-4,6,8-11,14,17H,2,5,7,12-13,15-16H2,1H3. The van der Waals surface area contributed by atoms with Crippen molar-refractivity contribution >= 4 is 34.9 Å². The van der Waals surface area contributed by atoms with E-state index in [1.54, 1.807) is 0 Å². The zero-order valence-corrected chi connectivity index (χ0v) is 18.3. The Hall–Kier alpha value is -1.75. The molecule has 152 valence electrons. The number of nitrogens with zero attached hydrogens (tertiary/aromatic N) is 1. The van der Waals surface area contributed by atoms with Crippen molar-refractivity contribution in [2.45, 2.75) is 30.4 Å². The Labute approximate surface area is 182 Å². The van der Waals surface area contributed by atoms with Crippen molar-refractivity contribution in [1.82, 2.24) is 4.90 Å². The molecule has 0 spiro atoms. The van der Waals surface area contributed by atoms with Crippen LogP contribution in [0.2, 0.25) is 5.02 Å². The van der Waals surface area contributed by atoms with E-state index in [1.165, 1.54) is 27.2 Å². The lowest BCUT2D eigenvalue weighted by Gasteiger charge is -2.30. The minimum atomic E-state index is -0.0572. The molecule has 0 amide bonds. The van der Waals surface area contributed by atoms with Gasteiger partial charge < -0.3 is 4.74 Å². The highest BCUT2D eigenvalue weighted by Crippen LogP contribution is 2.41. The molecule has 1 atom stereocenters. The Balaban J connectivity index is 1.62. The molecule has 0 aromatic heterocycles. The van der Waals surface area contributed by atoms with E-state index in [4.69, 9.17) is 16.3 Å². The Morgan fingerprint density at radius 2 is 2.14 bits per heavy atom. The minimum absolute atomic E-state index is 0.0131. The summed E-state index contributed by atoms with van der Waals surface area (Å²) in [6.45, 7) is 4.91. The first-order valence-electron chi connectivity index (χ1n) is 10.3. The number of rotatable bonds is 4. The summed E-state index contributed by atoms with van der Waals surface area (Å²) >= 11 is 8.22. The Bertz CT molecular complexity index is 927. The number of carbonyl (C=O) groups is 1. The van der Waals surface area contributed by atoms with E-state index in [-0.39, 0.29) is 11.9 Å². The molecule has 2 heterocycles. The second-order valence-electron chi connectivity index (χ2n) is 7.55. The summed E-state index contributed by atoms with van der Waals surface area (Å²) in [5.74, 6) is 0.885. The largest absolute Gasteiger partial charge is 0.466 e. The summed E-state index contributed by atoms with van der Waals surface area (Å²) < 4.78 is 5.25. The number of halogens is 1. The van der Waals surface area contributed by atoms with E-state index < -0.39 is 0 Å². The van der Waals surface area contributed by atoms with E-state index in [2.05, 4.69) is 47.4 Å². The average molecular weight is 428 g/mol. The number of benzene rings is 2. The molecule has 29 heavy (non-hydrogen) atoms. The van der Waals surface area contributed by atoms with Gasteiger partial charge in [0.2, 0.25) is 0 Å². The van der Waals surface area contributed by atoms with Gasteiger partial charge in [-0.05, 0) is 66.8 Å². The quantitative estimate of drug-likeness (QED) is 0.589. The smallest absolute Gasteiger partial charge is 0.310 e. The fourth-order valence-corrected chi connectivity index (χ4v) is 5.39. The first-order chi connectivity index (χ1) is 14.2. The molecule has 3 nitrogen and oxygen atoms in total. The fourth-order valence-electron chi connectivity index (χ4n) is 4.16. The van der Waals surface area contributed by atoms with Gasteiger partial charge in [-0.25, -0.2) is 0 Å². The minimum Gasteiger partial charge on any atom is -0.466 e. The zero-order chi connectivity index (χ0) is 20.2. The monoisotopic (exact) mass is 427 g/mol. The van der Waals surface area contributed by atoms with Crippen LogP contribution in [0.15, 0.2) is 53.4 Å². The maximum Gasteiger partial charge on any atom is 0.310 e. The second-order valence-corrected chi connectivity index (χ2v) is 9.01. The van der Waals surface area contributed by atoms with Crippen LogP contribution in [0, 0.1) is 5.92 Å². The number of esters is 1. The van der Waals surface area contributed by atoms with Crippen LogP contribution in [0.1, 0.15) is 36.5 Å². The van der Waals surface area contributed by atoms with Gasteiger partial charge in [-0.2, -0.15) is 0 Å². The Morgan fingerprint density at radius 3 is 3.00 bits per heavy atom. The SMILES string of the molecule is CCOC(=O)C1CCCN(CC=C2c3ccccc3CSc3ccc(Cl)cc32)C1. The van der Waals surface area contributed by atoms with Crippen molar-refractivity contribution in [2.75, 3.05) is 26.2 Å². The first-order valence-corrected chi connectivity index (χ1v) is 11.6. The van der Waals surface area contributed by atoms with Gasteiger partial charge in [0, 0.05) is 28.8 Å². The van der Waals surface area contributed by atoms with Crippen molar-refractivity contribution in [1.29, 1.82) is 0 Å². The molecule has 1 saturated heterocycles. The molecule has 2 aliphatic heterocycles. The van der Waals surface area contributed by atoms with Crippen LogP contribution in [-0.4, -0.2) is 37.1 Å². The number of carbonyl (C=O) groups excluding carboxylic acids is 1. The number of likely N-dealkylation sites (tertiary alicyclic amines) is 1. The third-order valence-corrected chi connectivity index (χ3v) is 6.96. The van der Waals surface area contributed by atoms with Crippen molar-refractivity contribution in [2.24, 2.45) is 5.92 Å². The molecular formula is C24H26ClNO2S. The normalized spacial score (nSPS) is 20.6. The molecular weight excluding hydrogens is 402 g/mol. The van der Waals surface area contributed by atoms with Crippen molar-refractivity contribution in [3.63, 3.8) is 0 Å². The Kier molecular flexibility index (Phi) is 6.63. The molecule has 2 aromatic carbocycles. The molecule has 0 aliphatic carbocycles. The van der Waals surface area contributed by atoms with Gasteiger partial charge in [0.15, 0.2) is 0 Å². The number of thioether (sulfide) groups is 1. The fraction of sp³-hybridized carbons (Fsp3) is 0.375. The lowest BCUT2D eigenvalue weighted by atomic mass is 9.93. The maximum atomic E-state index is 12.2. The van der Waals surface area contributed by atoms with Gasteiger partial charge in [0.25, 0.3) is 0 Å². The van der Waals surface area contributed by atoms with E-state index in [0.29, 0.717) is 6.61 Å². The molecule has 4 rings (SSSR count). The highest BCUT2D eigenvalue weighted by atomic mass is 35.5. The van der Waals surface area contributed by atoms with Crippen LogP contribution in [0.3, 0.4) is 0 Å². The highest BCUT2D eigenvalue weighted by molar-refractivity contribution is 7.98. The number of hydrogen-bond donors (Lipinski definition) is 0. The number of hydrogen-bond acceptors (Lipinski definition) is 4. The van der Waals surface area contributed by atoms with Crippen LogP contribution < -0.4 is 0 Å². The summed E-state index contributed by atoms with van der Waals surface area (Å²) in [6, 6.07) is 14.8. The van der Waals surface area contributed by atoms with Gasteiger partial charge in [-0.1, -0.05) is 41.9 Å². The molecule has 0 bridgehead atoms. The first kappa shape index (κ1) is 20.5. The molecule has 1 unspecified atom stereocenters. The zero-order valence-electron chi connectivity index (χ0n) is 16.7. The van der Waals surface area contributed by atoms with Crippen LogP contribution in [0.25, 0.3) is 5.57 Å². The summed E-state index contributed by atoms with van der Waals surface area (Å²) in [6.07, 6.45) is 4.26. The van der Waals surface area contributed by atoms with Crippen LogP contribution >= 0.6 is 23.4 Å². The topological polar surface area (TPSA) is 29.5 Å². The van der Waals surface area contributed by atoms with Gasteiger partial charge in [-0.3, -0.25) is 9.69 Å². The van der Waals surface area contributed by atoms with Gasteiger partial charge in [-0.15, -0.1) is 11.8 Å². The van der Waals surface area contributed by atoms with Crippen LogP contribution in [0.5, 0.6) is 0 Å². The number of piperidine rings is 1. The predicted molar refractivity (Wildman–Crippen MR) is 120 cm³/mol. The molecule has 0 saturated carbocycles. The molecule has 0 N–H and O–H groups in total. The number of ether oxygens (including phenoxy) is 1. The average Bonchev–Trinajstić information content (AvgIpc) is 2.89. The van der Waals surface area contributed by atoms with Crippen molar-refractivity contribution in [3.8, 4) is 0 Å². The van der Waals surface area contributed by atoms with Crippen molar-refractivity contribution < 1.29 is 9.53 Å². The molecule has 5 heteroatoms. The van der Waals surface area contributed by atoms with E-state index >= 15 is 0 Å². The lowest BCUT2D eigenvalue weighted by molar-refractivity contribution is -0.149. The van der Waals surface area contributed by atoms with E-state index in [1.807, 2.05) is 24.8 Å².